The van der Waals surface area contributed by atoms with Crippen LogP contribution in [0.3, 0.4) is 0 Å². The molecule has 16 heavy (non-hydrogen) atoms. The van der Waals surface area contributed by atoms with Gasteiger partial charge >= 0.3 is 12.1 Å². The van der Waals surface area contributed by atoms with E-state index in [-0.39, 0.29) is 5.56 Å². The molecular formula is C10H8BrF3O2. The fraction of sp³-hybridized carbons (Fsp3) is 0.300. The zero-order valence-corrected chi connectivity index (χ0v) is 9.55. The number of carbonyl (C=O) groups is 1. The summed E-state index contributed by atoms with van der Waals surface area (Å²) in [5.41, 5.74) is 0.146. The molecule has 6 heteroatoms. The van der Waals surface area contributed by atoms with Crippen molar-refractivity contribution in [1.29, 1.82) is 0 Å². The quantitative estimate of drug-likeness (QED) is 0.926. The molecule has 0 bridgehead atoms. The highest BCUT2D eigenvalue weighted by atomic mass is 79.9. The molecule has 0 aliphatic rings. The second-order valence-corrected chi connectivity index (χ2v) is 4.18. The van der Waals surface area contributed by atoms with Crippen molar-refractivity contribution in [3.63, 3.8) is 0 Å². The van der Waals surface area contributed by atoms with E-state index in [0.29, 0.717) is 4.47 Å². The molecule has 1 aromatic carbocycles. The van der Waals surface area contributed by atoms with Crippen molar-refractivity contribution < 1.29 is 23.1 Å². The Morgan fingerprint density at radius 2 is 1.81 bits per heavy atom. The van der Waals surface area contributed by atoms with E-state index in [1.807, 2.05) is 0 Å². The van der Waals surface area contributed by atoms with Crippen LogP contribution in [0.1, 0.15) is 17.9 Å². The van der Waals surface area contributed by atoms with Gasteiger partial charge in [0.15, 0.2) is 0 Å². The minimum absolute atomic E-state index is 0.146. The second-order valence-electron chi connectivity index (χ2n) is 3.26. The molecule has 1 aromatic rings. The Morgan fingerprint density at radius 3 is 2.19 bits per heavy atom. The van der Waals surface area contributed by atoms with Gasteiger partial charge in [0.2, 0.25) is 0 Å². The normalized spacial score (nSPS) is 13.5. The summed E-state index contributed by atoms with van der Waals surface area (Å²) >= 11 is 3.12. The number of carboxylic acids is 1. The van der Waals surface area contributed by atoms with Gasteiger partial charge in [-0.2, -0.15) is 13.2 Å². The van der Waals surface area contributed by atoms with Crippen LogP contribution < -0.4 is 0 Å². The topological polar surface area (TPSA) is 37.3 Å². The zero-order chi connectivity index (χ0) is 12.3. The maximum Gasteiger partial charge on any atom is 0.390 e. The van der Waals surface area contributed by atoms with Crippen LogP contribution >= 0.6 is 15.9 Å². The van der Waals surface area contributed by atoms with Gasteiger partial charge in [0, 0.05) is 4.47 Å². The summed E-state index contributed by atoms with van der Waals surface area (Å²) in [6.45, 7) is 0. The molecule has 0 fully saturated rings. The number of benzene rings is 1. The first kappa shape index (κ1) is 13.0. The van der Waals surface area contributed by atoms with Crippen LogP contribution in [0, 0.1) is 0 Å². The number of aliphatic carboxylic acids is 1. The molecule has 2 nitrogen and oxygen atoms in total. The van der Waals surface area contributed by atoms with Crippen molar-refractivity contribution in [2.24, 2.45) is 0 Å². The molecule has 1 N–H and O–H groups in total. The lowest BCUT2D eigenvalue weighted by Crippen LogP contribution is -2.20. The summed E-state index contributed by atoms with van der Waals surface area (Å²) in [6, 6.07) is 5.77. The Labute approximate surface area is 98.2 Å². The van der Waals surface area contributed by atoms with Crippen LogP contribution in [-0.4, -0.2) is 17.3 Å². The predicted molar refractivity (Wildman–Crippen MR) is 55.2 cm³/mol. The third-order valence-electron chi connectivity index (χ3n) is 2.01. The van der Waals surface area contributed by atoms with E-state index in [4.69, 9.17) is 5.11 Å². The molecule has 0 aliphatic carbocycles. The molecular weight excluding hydrogens is 289 g/mol. The van der Waals surface area contributed by atoms with Gasteiger partial charge in [-0.05, 0) is 17.7 Å². The molecule has 0 aliphatic heterocycles. The summed E-state index contributed by atoms with van der Waals surface area (Å²) in [4.78, 5) is 10.8. The number of hydrogen-bond donors (Lipinski definition) is 1. The van der Waals surface area contributed by atoms with Gasteiger partial charge in [0.25, 0.3) is 0 Å². The average molecular weight is 297 g/mol. The number of halogens is 4. The van der Waals surface area contributed by atoms with Crippen molar-refractivity contribution in [3.05, 3.63) is 34.3 Å². The number of rotatable bonds is 3. The maximum absolute atomic E-state index is 12.2. The summed E-state index contributed by atoms with van der Waals surface area (Å²) in [7, 11) is 0. The molecule has 1 rings (SSSR count). The molecule has 0 amide bonds. The molecule has 0 radical (unpaired) electrons. The lowest BCUT2D eigenvalue weighted by atomic mass is 9.96. The highest BCUT2D eigenvalue weighted by molar-refractivity contribution is 9.10. The van der Waals surface area contributed by atoms with Gasteiger partial charge in [-0.1, -0.05) is 28.1 Å². The molecule has 88 valence electrons. The van der Waals surface area contributed by atoms with Crippen molar-refractivity contribution in [1.82, 2.24) is 0 Å². The van der Waals surface area contributed by atoms with Crippen LogP contribution in [0.15, 0.2) is 28.7 Å². The second kappa shape index (κ2) is 4.86. The molecule has 0 heterocycles. The van der Waals surface area contributed by atoms with E-state index >= 15 is 0 Å². The first-order chi connectivity index (χ1) is 7.29. The minimum atomic E-state index is -4.49. The van der Waals surface area contributed by atoms with Gasteiger partial charge < -0.3 is 5.11 Å². The summed E-state index contributed by atoms with van der Waals surface area (Å²) in [5, 5.41) is 8.75. The van der Waals surface area contributed by atoms with Gasteiger partial charge in [0.05, 0.1) is 12.3 Å². The van der Waals surface area contributed by atoms with Crippen LogP contribution in [0.5, 0.6) is 0 Å². The first-order valence-corrected chi connectivity index (χ1v) is 5.14. The van der Waals surface area contributed by atoms with Crippen molar-refractivity contribution in [3.8, 4) is 0 Å². The highest BCUT2D eigenvalue weighted by Gasteiger charge is 2.36. The van der Waals surface area contributed by atoms with Crippen molar-refractivity contribution in [2.45, 2.75) is 18.5 Å². The average Bonchev–Trinajstić information content (AvgIpc) is 2.14. The Kier molecular flexibility index (Phi) is 3.96. The lowest BCUT2D eigenvalue weighted by molar-refractivity contribution is -0.157. The van der Waals surface area contributed by atoms with Gasteiger partial charge in [-0.25, -0.2) is 0 Å². The highest BCUT2D eigenvalue weighted by Crippen LogP contribution is 2.31. The fourth-order valence-electron chi connectivity index (χ4n) is 1.27. The fourth-order valence-corrected chi connectivity index (χ4v) is 1.54. The molecule has 0 saturated carbocycles. The molecule has 1 atom stereocenters. The van der Waals surface area contributed by atoms with Crippen LogP contribution in [0.25, 0.3) is 0 Å². The summed E-state index contributed by atoms with van der Waals surface area (Å²) in [6.07, 6.45) is -5.85. The van der Waals surface area contributed by atoms with E-state index in [1.165, 1.54) is 24.3 Å². The summed E-state index contributed by atoms with van der Waals surface area (Å²) < 4.78 is 37.2. The Hall–Kier alpha value is -1.04. The molecule has 0 aromatic heterocycles. The smallest absolute Gasteiger partial charge is 0.390 e. The summed E-state index contributed by atoms with van der Waals surface area (Å²) in [5.74, 6) is -3.02. The van der Waals surface area contributed by atoms with Crippen molar-refractivity contribution >= 4 is 21.9 Å². The molecule has 0 saturated heterocycles. The SMILES string of the molecule is O=C(O)C(CC(F)(F)F)c1ccc(Br)cc1. The number of alkyl halides is 3. The third-order valence-corrected chi connectivity index (χ3v) is 2.53. The molecule has 1 unspecified atom stereocenters. The Morgan fingerprint density at radius 1 is 1.31 bits per heavy atom. The van der Waals surface area contributed by atoms with E-state index in [2.05, 4.69) is 15.9 Å². The van der Waals surface area contributed by atoms with E-state index in [0.717, 1.165) is 0 Å². The number of hydrogen-bond acceptors (Lipinski definition) is 1. The first-order valence-electron chi connectivity index (χ1n) is 4.34. The lowest BCUT2D eigenvalue weighted by Gasteiger charge is -2.14. The van der Waals surface area contributed by atoms with Crippen molar-refractivity contribution in [2.75, 3.05) is 0 Å². The van der Waals surface area contributed by atoms with Crippen LogP contribution in [0.2, 0.25) is 0 Å². The van der Waals surface area contributed by atoms with Crippen LogP contribution in [-0.2, 0) is 4.79 Å². The van der Waals surface area contributed by atoms with E-state index < -0.39 is 24.5 Å². The number of carboxylic acid groups (broad SMARTS) is 1. The Balaban J connectivity index is 2.94. The maximum atomic E-state index is 12.2. The standard InChI is InChI=1S/C10H8BrF3O2/c11-7-3-1-6(2-4-7)8(9(15)16)5-10(12,13)14/h1-4,8H,5H2,(H,15,16). The molecule has 0 spiro atoms. The van der Waals surface area contributed by atoms with E-state index in [1.54, 1.807) is 0 Å². The monoisotopic (exact) mass is 296 g/mol. The van der Waals surface area contributed by atoms with Gasteiger partial charge in [-0.3, -0.25) is 4.79 Å². The zero-order valence-electron chi connectivity index (χ0n) is 7.96. The Bertz CT molecular complexity index is 373. The largest absolute Gasteiger partial charge is 0.481 e. The van der Waals surface area contributed by atoms with E-state index in [9.17, 15) is 18.0 Å². The predicted octanol–water partition coefficient (Wildman–Crippen LogP) is 3.57. The minimum Gasteiger partial charge on any atom is -0.481 e. The van der Waals surface area contributed by atoms with Crippen LogP contribution in [0.4, 0.5) is 13.2 Å². The van der Waals surface area contributed by atoms with Gasteiger partial charge in [-0.15, -0.1) is 0 Å². The van der Waals surface area contributed by atoms with Gasteiger partial charge in [0.1, 0.15) is 0 Å². The third kappa shape index (κ3) is 3.84.